The number of nitro benzene ring substituents is 1. The monoisotopic (exact) mass is 475 g/mol. The number of nitro groups is 1. The van der Waals surface area contributed by atoms with Crippen LogP contribution in [0.15, 0.2) is 71.1 Å². The molecule has 9 nitrogen and oxygen atoms in total. The van der Waals surface area contributed by atoms with Crippen LogP contribution in [-0.2, 0) is 0 Å². The number of benzene rings is 2. The topological polar surface area (TPSA) is 135 Å². The van der Waals surface area contributed by atoms with Crippen molar-refractivity contribution in [1.82, 2.24) is 10.6 Å². The molecule has 1 fully saturated rings. The third-order valence-electron chi connectivity index (χ3n) is 5.42. The van der Waals surface area contributed by atoms with Crippen LogP contribution in [0, 0.1) is 16.0 Å². The number of amides is 2. The molecule has 12 heteroatoms. The lowest BCUT2D eigenvalue weighted by Crippen LogP contribution is -2.72. The number of aliphatic hydroxyl groups is 1. The van der Waals surface area contributed by atoms with Gasteiger partial charge in [0.25, 0.3) is 5.69 Å². The van der Waals surface area contributed by atoms with E-state index in [-0.39, 0.29) is 28.3 Å². The number of urea groups is 1. The van der Waals surface area contributed by atoms with E-state index >= 15 is 0 Å². The van der Waals surface area contributed by atoms with Gasteiger partial charge in [0.1, 0.15) is 23.5 Å². The van der Waals surface area contributed by atoms with Crippen LogP contribution in [0.2, 0.25) is 0 Å². The van der Waals surface area contributed by atoms with Crippen LogP contribution in [0.3, 0.4) is 0 Å². The van der Waals surface area contributed by atoms with E-state index in [0.29, 0.717) is 0 Å². The number of hydrogen-bond donors (Lipinski definition) is 3. The molecule has 3 atom stereocenters. The molecule has 1 saturated heterocycles. The van der Waals surface area contributed by atoms with Gasteiger partial charge in [0.15, 0.2) is 5.78 Å². The highest BCUT2D eigenvalue weighted by Crippen LogP contribution is 2.44. The van der Waals surface area contributed by atoms with E-state index in [1.54, 1.807) is 6.07 Å². The minimum absolute atomic E-state index is 0.0490. The molecule has 0 saturated carbocycles. The molecule has 1 aliphatic heterocycles. The number of alkyl halides is 3. The molecule has 2 aromatic carbocycles. The van der Waals surface area contributed by atoms with E-state index in [9.17, 15) is 38.0 Å². The van der Waals surface area contributed by atoms with Crippen molar-refractivity contribution in [3.05, 3.63) is 88.2 Å². The lowest BCUT2D eigenvalue weighted by atomic mass is 9.79. The summed E-state index contributed by atoms with van der Waals surface area (Å²) in [5, 5.41) is 25.3. The highest BCUT2D eigenvalue weighted by Gasteiger charge is 2.66. The Kier molecular flexibility index (Phi) is 5.61. The maximum Gasteiger partial charge on any atom is 0.437 e. The Morgan fingerprint density at radius 1 is 1.09 bits per heavy atom. The molecule has 0 radical (unpaired) electrons. The predicted molar refractivity (Wildman–Crippen MR) is 110 cm³/mol. The summed E-state index contributed by atoms with van der Waals surface area (Å²) in [6.45, 7) is 0. The Labute approximate surface area is 189 Å². The fourth-order valence-corrected chi connectivity index (χ4v) is 3.81. The summed E-state index contributed by atoms with van der Waals surface area (Å²) in [5.74, 6) is -3.55. The number of hydrogen-bond acceptors (Lipinski definition) is 6. The van der Waals surface area contributed by atoms with Gasteiger partial charge < -0.3 is 20.2 Å². The van der Waals surface area contributed by atoms with Crippen LogP contribution in [0.1, 0.15) is 22.2 Å². The zero-order valence-corrected chi connectivity index (χ0v) is 17.1. The number of Topliss-reactive ketones (excluding diaryl/α,β-unsaturated/α-hetero) is 1. The SMILES string of the molecule is O=C1N[C@@H](c2ccc(-c3cccc([N+](=O)[O-])c3)o2)[C@@H](C(=O)c2ccccc2)[C@@](O)(C(F)(F)F)N1. The largest absolute Gasteiger partial charge is 0.459 e. The van der Waals surface area contributed by atoms with Crippen LogP contribution >= 0.6 is 0 Å². The van der Waals surface area contributed by atoms with Gasteiger partial charge in [0.05, 0.1) is 4.92 Å². The van der Waals surface area contributed by atoms with Crippen LogP contribution < -0.4 is 10.6 Å². The highest BCUT2D eigenvalue weighted by atomic mass is 19.4. The molecule has 2 heterocycles. The quantitative estimate of drug-likeness (QED) is 0.291. The maximum absolute atomic E-state index is 14.0. The van der Waals surface area contributed by atoms with Gasteiger partial charge in [-0.25, -0.2) is 4.79 Å². The van der Waals surface area contributed by atoms with Crippen molar-refractivity contribution in [1.29, 1.82) is 0 Å². The van der Waals surface area contributed by atoms with Gasteiger partial charge in [-0.05, 0) is 12.1 Å². The predicted octanol–water partition coefficient (Wildman–Crippen LogP) is 3.96. The molecule has 3 aromatic rings. The van der Waals surface area contributed by atoms with Crippen molar-refractivity contribution in [2.45, 2.75) is 17.9 Å². The van der Waals surface area contributed by atoms with E-state index in [4.69, 9.17) is 4.42 Å². The molecule has 4 rings (SSSR count). The van der Waals surface area contributed by atoms with Crippen molar-refractivity contribution in [2.75, 3.05) is 0 Å². The van der Waals surface area contributed by atoms with Gasteiger partial charge in [-0.3, -0.25) is 14.9 Å². The summed E-state index contributed by atoms with van der Waals surface area (Å²) in [4.78, 5) is 35.7. The fourth-order valence-electron chi connectivity index (χ4n) is 3.81. The average Bonchev–Trinajstić information content (AvgIpc) is 3.28. The third kappa shape index (κ3) is 3.99. The van der Waals surface area contributed by atoms with E-state index in [0.717, 1.165) is 0 Å². The van der Waals surface area contributed by atoms with Crippen LogP contribution in [0.5, 0.6) is 0 Å². The van der Waals surface area contributed by atoms with E-state index in [1.807, 2.05) is 0 Å². The molecule has 34 heavy (non-hydrogen) atoms. The zero-order valence-electron chi connectivity index (χ0n) is 17.1. The molecule has 0 bridgehead atoms. The zero-order chi connectivity index (χ0) is 24.7. The first kappa shape index (κ1) is 23.0. The summed E-state index contributed by atoms with van der Waals surface area (Å²) in [7, 11) is 0. The van der Waals surface area contributed by atoms with Gasteiger partial charge in [-0.1, -0.05) is 42.5 Å². The second-order valence-electron chi connectivity index (χ2n) is 7.56. The molecular formula is C22H16F3N3O6. The van der Waals surface area contributed by atoms with Crippen LogP contribution in [0.4, 0.5) is 23.7 Å². The van der Waals surface area contributed by atoms with E-state index in [2.05, 4.69) is 5.32 Å². The number of carbonyl (C=O) groups is 2. The molecule has 3 N–H and O–H groups in total. The molecule has 0 spiro atoms. The first-order valence-corrected chi connectivity index (χ1v) is 9.83. The fraction of sp³-hybridized carbons (Fsp3) is 0.182. The van der Waals surface area contributed by atoms with Crippen molar-refractivity contribution < 1.29 is 37.2 Å². The first-order valence-electron chi connectivity index (χ1n) is 9.83. The Morgan fingerprint density at radius 3 is 2.44 bits per heavy atom. The lowest BCUT2D eigenvalue weighted by Gasteiger charge is -2.44. The standard InChI is InChI=1S/C22H16F3N3O6/c23-22(24,25)21(31)17(19(29)12-5-2-1-3-6-12)18(26-20(30)27-21)16-10-9-15(34-16)13-7-4-8-14(11-13)28(32)33/h1-11,17-18,31H,(H2,26,27,30)/t17-,18-,21+/m0/s1. The van der Waals surface area contributed by atoms with Gasteiger partial charge in [0.2, 0.25) is 5.72 Å². The summed E-state index contributed by atoms with van der Waals surface area (Å²) in [5.41, 5.74) is -4.01. The van der Waals surface area contributed by atoms with Crippen molar-refractivity contribution in [2.24, 2.45) is 5.92 Å². The minimum Gasteiger partial charge on any atom is -0.459 e. The summed E-state index contributed by atoms with van der Waals surface area (Å²) >= 11 is 0. The average molecular weight is 475 g/mol. The van der Waals surface area contributed by atoms with Crippen molar-refractivity contribution in [3.63, 3.8) is 0 Å². The van der Waals surface area contributed by atoms with Crippen molar-refractivity contribution >= 4 is 17.5 Å². The molecule has 0 unspecified atom stereocenters. The molecule has 1 aromatic heterocycles. The summed E-state index contributed by atoms with van der Waals surface area (Å²) < 4.78 is 47.5. The number of nitrogens with zero attached hydrogens (tertiary/aromatic N) is 1. The Morgan fingerprint density at radius 2 is 1.79 bits per heavy atom. The number of furan rings is 1. The van der Waals surface area contributed by atoms with Crippen LogP contribution in [-0.4, -0.2) is 33.7 Å². The Balaban J connectivity index is 1.80. The smallest absolute Gasteiger partial charge is 0.437 e. The maximum atomic E-state index is 14.0. The van der Waals surface area contributed by atoms with Crippen molar-refractivity contribution in [3.8, 4) is 11.3 Å². The Bertz CT molecular complexity index is 1260. The third-order valence-corrected chi connectivity index (χ3v) is 5.42. The van der Waals surface area contributed by atoms with E-state index < -0.39 is 40.6 Å². The number of halogens is 3. The number of non-ortho nitro benzene ring substituents is 1. The second kappa shape index (κ2) is 8.30. The normalized spacial score (nSPS) is 22.5. The number of carbonyl (C=O) groups excluding carboxylic acids is 2. The number of ketones is 1. The van der Waals surface area contributed by atoms with E-state index in [1.165, 1.54) is 66.0 Å². The molecule has 0 aliphatic carbocycles. The molecular weight excluding hydrogens is 459 g/mol. The van der Waals surface area contributed by atoms with Crippen LogP contribution in [0.25, 0.3) is 11.3 Å². The van der Waals surface area contributed by atoms with Gasteiger partial charge in [-0.2, -0.15) is 13.2 Å². The highest BCUT2D eigenvalue weighted by molar-refractivity contribution is 6.00. The summed E-state index contributed by atoms with van der Waals surface area (Å²) in [6.07, 6.45) is -5.41. The second-order valence-corrected chi connectivity index (χ2v) is 7.56. The summed E-state index contributed by atoms with van der Waals surface area (Å²) in [6, 6.07) is 11.8. The molecule has 176 valence electrons. The van der Waals surface area contributed by atoms with Gasteiger partial charge >= 0.3 is 12.2 Å². The minimum atomic E-state index is -5.41. The number of rotatable bonds is 5. The molecule has 1 aliphatic rings. The molecule has 2 amide bonds. The lowest BCUT2D eigenvalue weighted by molar-refractivity contribution is -0.384. The van der Waals surface area contributed by atoms with Gasteiger partial charge in [0, 0.05) is 23.3 Å². The Hall–Kier alpha value is -4.19. The first-order chi connectivity index (χ1) is 16.0. The van der Waals surface area contributed by atoms with Gasteiger partial charge in [-0.15, -0.1) is 0 Å². The number of nitrogens with one attached hydrogen (secondary N) is 2.